The second-order valence-electron chi connectivity index (χ2n) is 2.70. The Kier molecular flexibility index (Phi) is 3.73. The zero-order chi connectivity index (χ0) is 8.81. The summed E-state index contributed by atoms with van der Waals surface area (Å²) in [5, 5.41) is 9.02. The maximum atomic E-state index is 9.02. The van der Waals surface area contributed by atoms with E-state index < -0.39 is 0 Å². The van der Waals surface area contributed by atoms with Crippen molar-refractivity contribution < 1.29 is 5.11 Å². The Hall–Kier alpha value is -0.900. The SMILES string of the molecule is NNCC(CO)c1ccccc1. The van der Waals surface area contributed by atoms with Crippen LogP contribution in [0.3, 0.4) is 0 Å². The Balaban J connectivity index is 2.66. The summed E-state index contributed by atoms with van der Waals surface area (Å²) in [5.74, 6) is 5.27. The zero-order valence-corrected chi connectivity index (χ0v) is 6.90. The lowest BCUT2D eigenvalue weighted by atomic mass is 10.0. The quantitative estimate of drug-likeness (QED) is 0.443. The van der Waals surface area contributed by atoms with E-state index in [4.69, 9.17) is 10.9 Å². The molecule has 3 heteroatoms. The summed E-state index contributed by atoms with van der Waals surface area (Å²) in [6, 6.07) is 9.83. The molecule has 1 aromatic rings. The van der Waals surface area contributed by atoms with Crippen LogP contribution in [0.15, 0.2) is 30.3 Å². The van der Waals surface area contributed by atoms with Crippen LogP contribution < -0.4 is 11.3 Å². The van der Waals surface area contributed by atoms with Crippen molar-refractivity contribution in [1.29, 1.82) is 0 Å². The molecule has 0 saturated carbocycles. The molecular formula is C9H14N2O. The fourth-order valence-electron chi connectivity index (χ4n) is 1.16. The zero-order valence-electron chi connectivity index (χ0n) is 6.90. The first kappa shape index (κ1) is 9.19. The summed E-state index contributed by atoms with van der Waals surface area (Å²) in [6.07, 6.45) is 0. The van der Waals surface area contributed by atoms with Crippen molar-refractivity contribution >= 4 is 0 Å². The predicted octanol–water partition coefficient (Wildman–Crippen LogP) is 0.226. The van der Waals surface area contributed by atoms with Gasteiger partial charge in [0.25, 0.3) is 0 Å². The molecule has 0 aliphatic heterocycles. The lowest BCUT2D eigenvalue weighted by Gasteiger charge is -2.12. The third-order valence-electron chi connectivity index (χ3n) is 1.86. The molecule has 0 aromatic heterocycles. The third-order valence-corrected chi connectivity index (χ3v) is 1.86. The number of nitrogens with two attached hydrogens (primary N) is 1. The number of nitrogens with one attached hydrogen (secondary N) is 1. The van der Waals surface area contributed by atoms with E-state index in [1.165, 1.54) is 0 Å². The lowest BCUT2D eigenvalue weighted by Crippen LogP contribution is -2.29. The number of hydrogen-bond donors (Lipinski definition) is 3. The smallest absolute Gasteiger partial charge is 0.0512 e. The molecule has 1 rings (SSSR count). The van der Waals surface area contributed by atoms with Gasteiger partial charge < -0.3 is 5.11 Å². The number of hydrogen-bond acceptors (Lipinski definition) is 3. The molecule has 66 valence electrons. The standard InChI is InChI=1S/C9H14N2O/c10-11-6-9(7-12)8-4-2-1-3-5-8/h1-5,9,11-12H,6-7,10H2. The van der Waals surface area contributed by atoms with Crippen molar-refractivity contribution in [2.45, 2.75) is 5.92 Å². The topological polar surface area (TPSA) is 58.3 Å². The first-order valence-corrected chi connectivity index (χ1v) is 3.97. The van der Waals surface area contributed by atoms with E-state index in [2.05, 4.69) is 5.43 Å². The largest absolute Gasteiger partial charge is 0.396 e. The van der Waals surface area contributed by atoms with Gasteiger partial charge in [0.1, 0.15) is 0 Å². The summed E-state index contributed by atoms with van der Waals surface area (Å²) >= 11 is 0. The van der Waals surface area contributed by atoms with Crippen LogP contribution in [0.4, 0.5) is 0 Å². The fraction of sp³-hybridized carbons (Fsp3) is 0.333. The molecule has 0 fully saturated rings. The molecule has 0 amide bonds. The molecule has 0 radical (unpaired) electrons. The molecule has 0 heterocycles. The molecule has 4 N–H and O–H groups in total. The molecule has 3 nitrogen and oxygen atoms in total. The third kappa shape index (κ3) is 2.30. The van der Waals surface area contributed by atoms with E-state index in [1.807, 2.05) is 30.3 Å². The van der Waals surface area contributed by atoms with Gasteiger partial charge in [-0.3, -0.25) is 11.3 Å². The van der Waals surface area contributed by atoms with Gasteiger partial charge in [-0.2, -0.15) is 0 Å². The highest BCUT2D eigenvalue weighted by atomic mass is 16.3. The minimum Gasteiger partial charge on any atom is -0.396 e. The predicted molar refractivity (Wildman–Crippen MR) is 48.5 cm³/mol. The van der Waals surface area contributed by atoms with Crippen LogP contribution >= 0.6 is 0 Å². The van der Waals surface area contributed by atoms with Crippen molar-refractivity contribution in [2.75, 3.05) is 13.2 Å². The highest BCUT2D eigenvalue weighted by Crippen LogP contribution is 2.12. The Morgan fingerprint density at radius 2 is 2.00 bits per heavy atom. The van der Waals surface area contributed by atoms with E-state index in [1.54, 1.807) is 0 Å². The van der Waals surface area contributed by atoms with E-state index in [0.29, 0.717) is 6.54 Å². The Morgan fingerprint density at radius 1 is 1.33 bits per heavy atom. The summed E-state index contributed by atoms with van der Waals surface area (Å²) in [4.78, 5) is 0. The van der Waals surface area contributed by atoms with E-state index >= 15 is 0 Å². The van der Waals surface area contributed by atoms with Crippen LogP contribution in [-0.2, 0) is 0 Å². The van der Waals surface area contributed by atoms with Gasteiger partial charge in [0.15, 0.2) is 0 Å². The van der Waals surface area contributed by atoms with Crippen LogP contribution in [0.2, 0.25) is 0 Å². The maximum absolute atomic E-state index is 9.02. The number of benzene rings is 1. The lowest BCUT2D eigenvalue weighted by molar-refractivity contribution is 0.262. The number of hydrazine groups is 1. The summed E-state index contributed by atoms with van der Waals surface area (Å²) in [6.45, 7) is 0.717. The molecule has 0 bridgehead atoms. The van der Waals surface area contributed by atoms with Gasteiger partial charge in [-0.1, -0.05) is 30.3 Å². The van der Waals surface area contributed by atoms with Gasteiger partial charge in [0.05, 0.1) is 6.61 Å². The number of aliphatic hydroxyl groups is 1. The Labute approximate surface area is 72.2 Å². The van der Waals surface area contributed by atoms with Crippen LogP contribution in [0.5, 0.6) is 0 Å². The first-order chi connectivity index (χ1) is 5.88. The molecule has 1 aromatic carbocycles. The van der Waals surface area contributed by atoms with Crippen LogP contribution in [0, 0.1) is 0 Å². The monoisotopic (exact) mass is 166 g/mol. The molecular weight excluding hydrogens is 152 g/mol. The van der Waals surface area contributed by atoms with Gasteiger partial charge in [0, 0.05) is 12.5 Å². The highest BCUT2D eigenvalue weighted by molar-refractivity contribution is 5.19. The van der Waals surface area contributed by atoms with Crippen molar-refractivity contribution in [1.82, 2.24) is 5.43 Å². The van der Waals surface area contributed by atoms with Crippen LogP contribution in [0.1, 0.15) is 11.5 Å². The van der Waals surface area contributed by atoms with Gasteiger partial charge >= 0.3 is 0 Å². The normalized spacial score (nSPS) is 12.8. The summed E-state index contributed by atoms with van der Waals surface area (Å²) in [5.41, 5.74) is 3.67. The highest BCUT2D eigenvalue weighted by Gasteiger charge is 2.07. The van der Waals surface area contributed by atoms with Gasteiger partial charge in [-0.15, -0.1) is 0 Å². The van der Waals surface area contributed by atoms with Crippen molar-refractivity contribution in [3.05, 3.63) is 35.9 Å². The minimum atomic E-state index is 0.0937. The van der Waals surface area contributed by atoms with Crippen LogP contribution in [0.25, 0.3) is 0 Å². The second kappa shape index (κ2) is 4.87. The summed E-state index contributed by atoms with van der Waals surface area (Å²) in [7, 11) is 0. The molecule has 1 unspecified atom stereocenters. The van der Waals surface area contributed by atoms with Gasteiger partial charge in [0.2, 0.25) is 0 Å². The van der Waals surface area contributed by atoms with Crippen molar-refractivity contribution in [3.63, 3.8) is 0 Å². The van der Waals surface area contributed by atoms with Crippen molar-refractivity contribution in [3.8, 4) is 0 Å². The first-order valence-electron chi connectivity index (χ1n) is 3.97. The molecule has 0 saturated heterocycles. The molecule has 1 atom stereocenters. The Bertz CT molecular complexity index is 213. The van der Waals surface area contributed by atoms with Crippen LogP contribution in [-0.4, -0.2) is 18.3 Å². The summed E-state index contributed by atoms with van der Waals surface area (Å²) < 4.78 is 0. The van der Waals surface area contributed by atoms with Gasteiger partial charge in [-0.25, -0.2) is 0 Å². The fourth-order valence-corrected chi connectivity index (χ4v) is 1.16. The van der Waals surface area contributed by atoms with Crippen molar-refractivity contribution in [2.24, 2.45) is 5.84 Å². The number of rotatable bonds is 4. The maximum Gasteiger partial charge on any atom is 0.0512 e. The molecule has 0 aliphatic carbocycles. The molecule has 0 aliphatic rings. The average Bonchev–Trinajstić information content (AvgIpc) is 2.15. The molecule has 0 spiro atoms. The average molecular weight is 166 g/mol. The van der Waals surface area contributed by atoms with Gasteiger partial charge in [-0.05, 0) is 5.56 Å². The molecule has 12 heavy (non-hydrogen) atoms. The van der Waals surface area contributed by atoms with E-state index in [-0.39, 0.29) is 12.5 Å². The number of aliphatic hydroxyl groups excluding tert-OH is 1. The van der Waals surface area contributed by atoms with E-state index in [0.717, 1.165) is 5.56 Å². The Morgan fingerprint density at radius 3 is 2.50 bits per heavy atom. The minimum absolute atomic E-state index is 0.0937. The second-order valence-corrected chi connectivity index (χ2v) is 2.70. The van der Waals surface area contributed by atoms with E-state index in [9.17, 15) is 0 Å².